The van der Waals surface area contributed by atoms with Gasteiger partial charge in [-0.05, 0) is 19.9 Å². The van der Waals surface area contributed by atoms with Gasteiger partial charge in [0.25, 0.3) is 5.69 Å². The minimum Gasteiger partial charge on any atom is -0.294 e. The summed E-state index contributed by atoms with van der Waals surface area (Å²) in [6, 6.07) is 4.61. The highest BCUT2D eigenvalue weighted by Gasteiger charge is 2.22. The zero-order valence-electron chi connectivity index (χ0n) is 8.27. The molecule has 5 heteroatoms. The molecule has 0 atom stereocenters. The fraction of sp³-hybridized carbons (Fsp3) is 0.200. The van der Waals surface area contributed by atoms with Crippen LogP contribution in [0.4, 0.5) is 5.69 Å². The summed E-state index contributed by atoms with van der Waals surface area (Å²) in [7, 11) is 0. The molecule has 0 aliphatic rings. The average Bonchev–Trinajstić information content (AvgIpc) is 2.15. The van der Waals surface area contributed by atoms with E-state index in [-0.39, 0.29) is 22.6 Å². The predicted molar refractivity (Wildman–Crippen MR) is 52.6 cm³/mol. The molecule has 0 aliphatic carbocycles. The molecule has 0 amide bonds. The van der Waals surface area contributed by atoms with E-state index >= 15 is 0 Å². The van der Waals surface area contributed by atoms with E-state index in [9.17, 15) is 14.9 Å². The Morgan fingerprint density at radius 2 is 2.13 bits per heavy atom. The van der Waals surface area contributed by atoms with Gasteiger partial charge < -0.3 is 0 Å². The van der Waals surface area contributed by atoms with Gasteiger partial charge in [0, 0.05) is 11.1 Å². The highest BCUT2D eigenvalue weighted by atomic mass is 16.6. The second-order valence-electron chi connectivity index (χ2n) is 3.08. The molecule has 0 unspecified atom stereocenters. The van der Waals surface area contributed by atoms with Crippen molar-refractivity contribution in [2.45, 2.75) is 13.8 Å². The van der Waals surface area contributed by atoms with E-state index in [1.54, 1.807) is 6.07 Å². The van der Waals surface area contributed by atoms with E-state index < -0.39 is 4.92 Å². The van der Waals surface area contributed by atoms with Gasteiger partial charge in [-0.15, -0.1) is 0 Å². The minimum atomic E-state index is -0.639. The summed E-state index contributed by atoms with van der Waals surface area (Å²) in [5.41, 5.74) is 0.0223. The van der Waals surface area contributed by atoms with Crippen molar-refractivity contribution < 1.29 is 9.72 Å². The Morgan fingerprint density at radius 3 is 2.53 bits per heavy atom. The van der Waals surface area contributed by atoms with Crippen molar-refractivity contribution in [1.82, 2.24) is 0 Å². The lowest BCUT2D eigenvalue weighted by Gasteiger charge is -2.02. The Labute approximate surface area is 86.1 Å². The number of hydrogen-bond donors (Lipinski definition) is 0. The number of ketones is 1. The summed E-state index contributed by atoms with van der Waals surface area (Å²) in [4.78, 5) is 21.2. The quantitative estimate of drug-likeness (QED) is 0.418. The summed E-state index contributed by atoms with van der Waals surface area (Å²) in [6.45, 7) is 2.80. The van der Waals surface area contributed by atoms with Gasteiger partial charge in [-0.2, -0.15) is 5.26 Å². The SMILES string of the molecule is CC(=O)c1ccc(C)c([N+](=O)[O-])c1C#N. The van der Waals surface area contributed by atoms with E-state index in [1.165, 1.54) is 26.0 Å². The van der Waals surface area contributed by atoms with Crippen molar-refractivity contribution >= 4 is 11.5 Å². The molecule has 0 spiro atoms. The summed E-state index contributed by atoms with van der Waals surface area (Å²) < 4.78 is 0. The van der Waals surface area contributed by atoms with Crippen molar-refractivity contribution in [1.29, 1.82) is 5.26 Å². The zero-order chi connectivity index (χ0) is 11.6. The molecule has 0 saturated heterocycles. The van der Waals surface area contributed by atoms with E-state index in [0.717, 1.165) is 0 Å². The summed E-state index contributed by atoms with van der Waals surface area (Å²) in [5.74, 6) is -0.352. The number of rotatable bonds is 2. The van der Waals surface area contributed by atoms with Crippen LogP contribution < -0.4 is 0 Å². The van der Waals surface area contributed by atoms with Crippen LogP contribution in [0.15, 0.2) is 12.1 Å². The van der Waals surface area contributed by atoms with Gasteiger partial charge in [-0.25, -0.2) is 0 Å². The number of benzene rings is 1. The number of nitro benzene ring substituents is 1. The number of nitriles is 1. The maximum atomic E-state index is 11.1. The van der Waals surface area contributed by atoms with Crippen LogP contribution >= 0.6 is 0 Å². The van der Waals surface area contributed by atoms with Crippen molar-refractivity contribution in [3.05, 3.63) is 38.9 Å². The fourth-order valence-electron chi connectivity index (χ4n) is 1.34. The van der Waals surface area contributed by atoms with Crippen molar-refractivity contribution in [2.75, 3.05) is 0 Å². The Kier molecular flexibility index (Phi) is 2.81. The van der Waals surface area contributed by atoms with Crippen LogP contribution in [0.3, 0.4) is 0 Å². The molecule has 0 aliphatic heterocycles. The first-order chi connectivity index (χ1) is 6.99. The lowest BCUT2D eigenvalue weighted by atomic mass is 10.00. The first-order valence-electron chi connectivity index (χ1n) is 4.18. The van der Waals surface area contributed by atoms with E-state index in [1.807, 2.05) is 0 Å². The molecule has 0 radical (unpaired) electrons. The molecule has 0 saturated carbocycles. The Bertz CT molecular complexity index is 486. The monoisotopic (exact) mass is 204 g/mol. The molecular formula is C10H8N2O3. The van der Waals surface area contributed by atoms with Gasteiger partial charge in [0.1, 0.15) is 11.6 Å². The average molecular weight is 204 g/mol. The van der Waals surface area contributed by atoms with E-state index in [0.29, 0.717) is 5.56 Å². The van der Waals surface area contributed by atoms with Crippen LogP contribution in [-0.4, -0.2) is 10.7 Å². The number of aryl methyl sites for hydroxylation is 1. The molecule has 0 bridgehead atoms. The molecule has 1 rings (SSSR count). The summed E-state index contributed by atoms with van der Waals surface area (Å²) in [5, 5.41) is 19.5. The molecule has 0 aromatic heterocycles. The van der Waals surface area contributed by atoms with Gasteiger partial charge in [-0.3, -0.25) is 14.9 Å². The first-order valence-corrected chi connectivity index (χ1v) is 4.18. The Morgan fingerprint density at radius 1 is 1.53 bits per heavy atom. The first kappa shape index (κ1) is 10.9. The van der Waals surface area contributed by atoms with Crippen LogP contribution in [0.1, 0.15) is 28.4 Å². The zero-order valence-corrected chi connectivity index (χ0v) is 8.27. The predicted octanol–water partition coefficient (Wildman–Crippen LogP) is 1.98. The third kappa shape index (κ3) is 1.83. The molecule has 1 aromatic rings. The lowest BCUT2D eigenvalue weighted by molar-refractivity contribution is -0.385. The van der Waals surface area contributed by atoms with Crippen molar-refractivity contribution in [3.63, 3.8) is 0 Å². The molecule has 1 aromatic carbocycles. The van der Waals surface area contributed by atoms with Gasteiger partial charge in [0.15, 0.2) is 5.78 Å². The molecule has 15 heavy (non-hydrogen) atoms. The van der Waals surface area contributed by atoms with Crippen LogP contribution in [0, 0.1) is 28.4 Å². The van der Waals surface area contributed by atoms with Crippen molar-refractivity contribution in [3.8, 4) is 6.07 Å². The maximum absolute atomic E-state index is 11.1. The number of nitrogens with zero attached hydrogens (tertiary/aromatic N) is 2. The number of Topliss-reactive ketones (excluding diaryl/α,β-unsaturated/α-hetero) is 1. The molecular weight excluding hydrogens is 196 g/mol. The number of carbonyl (C=O) groups is 1. The lowest BCUT2D eigenvalue weighted by Crippen LogP contribution is -2.03. The summed E-state index contributed by atoms with van der Waals surface area (Å²) >= 11 is 0. The smallest absolute Gasteiger partial charge is 0.290 e. The third-order valence-electron chi connectivity index (χ3n) is 2.05. The topological polar surface area (TPSA) is 84.0 Å². The van der Waals surface area contributed by atoms with E-state index in [2.05, 4.69) is 0 Å². The third-order valence-corrected chi connectivity index (χ3v) is 2.05. The molecule has 0 fully saturated rings. The van der Waals surface area contributed by atoms with Gasteiger partial charge >= 0.3 is 0 Å². The molecule has 5 nitrogen and oxygen atoms in total. The van der Waals surface area contributed by atoms with Gasteiger partial charge in [0.2, 0.25) is 0 Å². The van der Waals surface area contributed by atoms with Crippen LogP contribution in [0.5, 0.6) is 0 Å². The normalized spacial score (nSPS) is 9.40. The van der Waals surface area contributed by atoms with Gasteiger partial charge in [-0.1, -0.05) is 6.07 Å². The largest absolute Gasteiger partial charge is 0.294 e. The van der Waals surface area contributed by atoms with Crippen LogP contribution in [0.25, 0.3) is 0 Å². The number of hydrogen-bond acceptors (Lipinski definition) is 4. The number of nitro groups is 1. The second-order valence-corrected chi connectivity index (χ2v) is 3.08. The molecule has 0 heterocycles. The number of carbonyl (C=O) groups excluding carboxylic acids is 1. The van der Waals surface area contributed by atoms with Crippen LogP contribution in [-0.2, 0) is 0 Å². The Hall–Kier alpha value is -2.22. The highest BCUT2D eigenvalue weighted by Crippen LogP contribution is 2.26. The maximum Gasteiger partial charge on any atom is 0.290 e. The fourth-order valence-corrected chi connectivity index (χ4v) is 1.34. The van der Waals surface area contributed by atoms with Crippen LogP contribution in [0.2, 0.25) is 0 Å². The summed E-state index contributed by atoms with van der Waals surface area (Å²) in [6.07, 6.45) is 0. The molecule has 76 valence electrons. The molecule has 0 N–H and O–H groups in total. The Balaban J connectivity index is 3.64. The van der Waals surface area contributed by atoms with E-state index in [4.69, 9.17) is 5.26 Å². The highest BCUT2D eigenvalue weighted by molar-refractivity contribution is 5.97. The van der Waals surface area contributed by atoms with Crippen molar-refractivity contribution in [2.24, 2.45) is 0 Å². The second kappa shape index (κ2) is 3.88. The minimum absolute atomic E-state index is 0.0924. The van der Waals surface area contributed by atoms with Gasteiger partial charge in [0.05, 0.1) is 4.92 Å². The standard InChI is InChI=1S/C10H8N2O3/c1-6-3-4-8(7(2)13)9(5-11)10(6)12(14)15/h3-4H,1-2H3.